The molecule has 1 nitrogen and oxygen atoms in total. The monoisotopic (exact) mass is 208 g/mol. The highest BCUT2D eigenvalue weighted by Gasteiger charge is 2.45. The second kappa shape index (κ2) is 3.40. The van der Waals surface area contributed by atoms with Crippen molar-refractivity contribution in [1.82, 2.24) is 0 Å². The Morgan fingerprint density at radius 3 is 2.36 bits per heavy atom. The van der Waals surface area contributed by atoms with E-state index in [2.05, 4.69) is 0 Å². The van der Waals surface area contributed by atoms with E-state index < -0.39 is 12.3 Å². The predicted molar refractivity (Wildman–Crippen MR) is 45.6 cm³/mol. The molecule has 3 unspecified atom stereocenters. The molecule has 82 valence electrons. The van der Waals surface area contributed by atoms with Gasteiger partial charge >= 0.3 is 6.18 Å². The third-order valence-corrected chi connectivity index (χ3v) is 3.79. The van der Waals surface area contributed by atoms with Crippen LogP contribution >= 0.6 is 0 Å². The van der Waals surface area contributed by atoms with Gasteiger partial charge in [0.05, 0.1) is 0 Å². The van der Waals surface area contributed by atoms with Gasteiger partial charge in [-0.15, -0.1) is 0 Å². The third-order valence-electron chi connectivity index (χ3n) is 3.79. The molecule has 2 fully saturated rings. The summed E-state index contributed by atoms with van der Waals surface area (Å²) in [4.78, 5) is 0. The molecule has 0 amide bonds. The molecular formula is C10H15F3O. The first-order valence-electron chi connectivity index (χ1n) is 5.21. The van der Waals surface area contributed by atoms with E-state index >= 15 is 0 Å². The zero-order valence-corrected chi connectivity index (χ0v) is 7.93. The summed E-state index contributed by atoms with van der Waals surface area (Å²) in [5.41, 5.74) is 0. The largest absolute Gasteiger partial charge is 0.414 e. The highest BCUT2D eigenvalue weighted by molar-refractivity contribution is 4.91. The van der Waals surface area contributed by atoms with Crippen LogP contribution in [0.15, 0.2) is 0 Å². The molecule has 0 aliphatic heterocycles. The Hall–Kier alpha value is -0.250. The molecule has 2 rings (SSSR count). The average molecular weight is 208 g/mol. The van der Waals surface area contributed by atoms with Crippen LogP contribution in [0.25, 0.3) is 0 Å². The van der Waals surface area contributed by atoms with Crippen molar-refractivity contribution in [2.45, 2.75) is 44.4 Å². The van der Waals surface area contributed by atoms with Gasteiger partial charge in [-0.05, 0) is 43.4 Å². The fourth-order valence-corrected chi connectivity index (χ4v) is 3.09. The van der Waals surface area contributed by atoms with Gasteiger partial charge in [0.15, 0.2) is 0 Å². The fourth-order valence-electron chi connectivity index (χ4n) is 3.09. The smallest absolute Gasteiger partial charge is 0.384 e. The number of hydrogen-bond donors (Lipinski definition) is 1. The second-order valence-electron chi connectivity index (χ2n) is 4.73. The van der Waals surface area contributed by atoms with Gasteiger partial charge in [0.2, 0.25) is 0 Å². The molecule has 2 aliphatic carbocycles. The van der Waals surface area contributed by atoms with E-state index in [0.29, 0.717) is 11.8 Å². The summed E-state index contributed by atoms with van der Waals surface area (Å²) < 4.78 is 36.3. The summed E-state index contributed by atoms with van der Waals surface area (Å²) in [5.74, 6) is 1.22. The van der Waals surface area contributed by atoms with Crippen molar-refractivity contribution in [2.75, 3.05) is 0 Å². The Morgan fingerprint density at radius 2 is 1.93 bits per heavy atom. The van der Waals surface area contributed by atoms with Crippen LogP contribution in [0, 0.1) is 17.8 Å². The summed E-state index contributed by atoms with van der Waals surface area (Å²) in [7, 11) is 0. The van der Waals surface area contributed by atoms with Crippen LogP contribution in [0.3, 0.4) is 0 Å². The van der Waals surface area contributed by atoms with Gasteiger partial charge in [0.1, 0.15) is 6.10 Å². The standard InChI is InChI=1S/C10H15F3O/c11-10(12,13)9(14)5-8-4-6-1-2-7(8)3-6/h6-9,14H,1-5H2/t6?,7?,8?,9-/m0/s1. The first-order valence-corrected chi connectivity index (χ1v) is 5.21. The lowest BCUT2D eigenvalue weighted by atomic mass is 9.85. The van der Waals surface area contributed by atoms with E-state index in [4.69, 9.17) is 5.11 Å². The molecule has 0 heterocycles. The zero-order valence-electron chi connectivity index (χ0n) is 7.93. The van der Waals surface area contributed by atoms with E-state index in [9.17, 15) is 13.2 Å². The number of halogens is 3. The SMILES string of the molecule is O[C@@H](CC1CC2CCC1C2)C(F)(F)F. The molecule has 4 heteroatoms. The molecule has 0 spiro atoms. The summed E-state index contributed by atoms with van der Waals surface area (Å²) in [6, 6.07) is 0. The van der Waals surface area contributed by atoms with Gasteiger partial charge in [-0.3, -0.25) is 0 Å². The molecule has 0 aromatic carbocycles. The van der Waals surface area contributed by atoms with E-state index in [-0.39, 0.29) is 12.3 Å². The first kappa shape index (κ1) is 10.3. The number of rotatable bonds is 2. The predicted octanol–water partition coefficient (Wildman–Crippen LogP) is 2.74. The first-order chi connectivity index (χ1) is 6.47. The normalized spacial score (nSPS) is 39.0. The maximum atomic E-state index is 12.1. The number of hydrogen-bond acceptors (Lipinski definition) is 1. The molecule has 2 bridgehead atoms. The Balaban J connectivity index is 1.87. The Bertz CT molecular complexity index is 214. The highest BCUT2D eigenvalue weighted by Crippen LogP contribution is 2.50. The minimum atomic E-state index is -4.43. The minimum Gasteiger partial charge on any atom is -0.384 e. The van der Waals surface area contributed by atoms with Crippen molar-refractivity contribution in [2.24, 2.45) is 17.8 Å². The fraction of sp³-hybridized carbons (Fsp3) is 1.00. The lowest BCUT2D eigenvalue weighted by Gasteiger charge is -2.25. The maximum Gasteiger partial charge on any atom is 0.414 e. The lowest BCUT2D eigenvalue weighted by molar-refractivity contribution is -0.209. The topological polar surface area (TPSA) is 20.2 Å². The van der Waals surface area contributed by atoms with Crippen molar-refractivity contribution < 1.29 is 18.3 Å². The van der Waals surface area contributed by atoms with E-state index in [1.165, 1.54) is 6.42 Å². The molecular weight excluding hydrogens is 193 g/mol. The lowest BCUT2D eigenvalue weighted by Crippen LogP contribution is -2.31. The molecule has 0 aromatic heterocycles. The summed E-state index contributed by atoms with van der Waals surface area (Å²) >= 11 is 0. The van der Waals surface area contributed by atoms with E-state index in [1.807, 2.05) is 0 Å². The van der Waals surface area contributed by atoms with Gasteiger partial charge < -0.3 is 5.11 Å². The van der Waals surface area contributed by atoms with Gasteiger partial charge in [-0.2, -0.15) is 13.2 Å². The summed E-state index contributed by atoms with van der Waals surface area (Å²) in [6.45, 7) is 0. The van der Waals surface area contributed by atoms with Gasteiger partial charge in [-0.1, -0.05) is 6.42 Å². The van der Waals surface area contributed by atoms with Crippen LogP contribution in [0.2, 0.25) is 0 Å². The Morgan fingerprint density at radius 1 is 1.21 bits per heavy atom. The molecule has 0 radical (unpaired) electrons. The zero-order chi connectivity index (χ0) is 10.3. The van der Waals surface area contributed by atoms with Gasteiger partial charge in [0.25, 0.3) is 0 Å². The maximum absolute atomic E-state index is 12.1. The minimum absolute atomic E-state index is 0.0787. The quantitative estimate of drug-likeness (QED) is 0.739. The number of aliphatic hydroxyl groups excluding tert-OH is 1. The van der Waals surface area contributed by atoms with Crippen LogP contribution in [0.5, 0.6) is 0 Å². The van der Waals surface area contributed by atoms with Crippen molar-refractivity contribution in [1.29, 1.82) is 0 Å². The Labute approximate surface area is 81.3 Å². The number of alkyl halides is 3. The highest BCUT2D eigenvalue weighted by atomic mass is 19.4. The van der Waals surface area contributed by atoms with Gasteiger partial charge in [-0.25, -0.2) is 0 Å². The third kappa shape index (κ3) is 1.90. The molecule has 1 N–H and O–H groups in total. The Kier molecular flexibility index (Phi) is 2.50. The summed E-state index contributed by atoms with van der Waals surface area (Å²) in [6.07, 6.45) is -2.37. The molecule has 2 aliphatic rings. The average Bonchev–Trinajstić information content (AvgIpc) is 2.62. The van der Waals surface area contributed by atoms with Crippen LogP contribution < -0.4 is 0 Å². The van der Waals surface area contributed by atoms with E-state index in [1.54, 1.807) is 0 Å². The van der Waals surface area contributed by atoms with Crippen LogP contribution in [-0.2, 0) is 0 Å². The van der Waals surface area contributed by atoms with Crippen molar-refractivity contribution >= 4 is 0 Å². The summed E-state index contributed by atoms with van der Waals surface area (Å²) in [5, 5.41) is 8.95. The number of fused-ring (bicyclic) bond motifs is 2. The van der Waals surface area contributed by atoms with Crippen LogP contribution in [0.1, 0.15) is 32.1 Å². The van der Waals surface area contributed by atoms with Crippen LogP contribution in [0.4, 0.5) is 13.2 Å². The molecule has 0 saturated heterocycles. The van der Waals surface area contributed by atoms with Crippen molar-refractivity contribution in [3.63, 3.8) is 0 Å². The molecule has 0 aromatic rings. The molecule has 4 atom stereocenters. The molecule has 2 saturated carbocycles. The van der Waals surface area contributed by atoms with E-state index in [0.717, 1.165) is 19.3 Å². The van der Waals surface area contributed by atoms with Crippen molar-refractivity contribution in [3.8, 4) is 0 Å². The molecule has 14 heavy (non-hydrogen) atoms. The van der Waals surface area contributed by atoms with Crippen LogP contribution in [-0.4, -0.2) is 17.4 Å². The van der Waals surface area contributed by atoms with Crippen molar-refractivity contribution in [3.05, 3.63) is 0 Å². The number of aliphatic hydroxyl groups is 1. The second-order valence-corrected chi connectivity index (χ2v) is 4.73. The van der Waals surface area contributed by atoms with Gasteiger partial charge in [0, 0.05) is 0 Å².